The third kappa shape index (κ3) is 7.31. The van der Waals surface area contributed by atoms with E-state index < -0.39 is 29.1 Å². The lowest BCUT2D eigenvalue weighted by molar-refractivity contribution is 0.233. The van der Waals surface area contributed by atoms with Gasteiger partial charge in [-0.3, -0.25) is 9.13 Å². The summed E-state index contributed by atoms with van der Waals surface area (Å²) < 4.78 is 60.2. The summed E-state index contributed by atoms with van der Waals surface area (Å²) in [6.45, 7) is 34.3. The molecule has 0 spiro atoms. The fraction of sp³-hybridized carbons (Fsp3) is 0.650. The van der Waals surface area contributed by atoms with E-state index in [2.05, 4.69) is 154 Å². The van der Waals surface area contributed by atoms with Crippen LogP contribution in [0.25, 0.3) is 0 Å². The van der Waals surface area contributed by atoms with Gasteiger partial charge in [0.1, 0.15) is 9.55 Å². The van der Waals surface area contributed by atoms with E-state index in [1.807, 2.05) is 36.4 Å². The van der Waals surface area contributed by atoms with Crippen LogP contribution in [0.1, 0.15) is 111 Å². The van der Waals surface area contributed by atoms with Crippen LogP contribution in [-0.2, 0) is 18.2 Å². The van der Waals surface area contributed by atoms with Gasteiger partial charge in [-0.25, -0.2) is 18.7 Å². The quantitative estimate of drug-likeness (QED) is 0.138. The van der Waals surface area contributed by atoms with Gasteiger partial charge in [-0.2, -0.15) is 0 Å². The fourth-order valence-corrected chi connectivity index (χ4v) is 38.3. The SMILES string of the molecule is COP1(c2ccccc2)=C(P(=O)(N(C(C)C)C(C)C)N(C(C)C)C(C)C)P(OC)(c2ccccc2)=C1P(=O)(N(C(C)C)C(C)C)N(C(C)C)C(C)C. The molecule has 2 aromatic carbocycles. The van der Waals surface area contributed by atoms with Gasteiger partial charge in [0.25, 0.3) is 14.9 Å². The Morgan fingerprint density at radius 2 is 0.596 bits per heavy atom. The highest BCUT2D eigenvalue weighted by Crippen LogP contribution is 2.92. The second-order valence-corrected chi connectivity index (χ2v) is 29.2. The van der Waals surface area contributed by atoms with Crippen LogP contribution in [-0.4, -0.2) is 90.8 Å². The molecule has 0 unspecified atom stereocenters. The van der Waals surface area contributed by atoms with Crippen LogP contribution in [0.15, 0.2) is 60.7 Å². The minimum Gasteiger partial charge on any atom is -0.354 e. The molecule has 12 heteroatoms. The van der Waals surface area contributed by atoms with Gasteiger partial charge in [-0.05, 0) is 111 Å². The van der Waals surface area contributed by atoms with Crippen molar-refractivity contribution in [2.24, 2.45) is 0 Å². The maximum atomic E-state index is 17.6. The zero-order chi connectivity index (χ0) is 39.7. The second kappa shape index (κ2) is 17.6. The lowest BCUT2D eigenvalue weighted by Gasteiger charge is -2.60. The van der Waals surface area contributed by atoms with Crippen molar-refractivity contribution in [3.63, 3.8) is 0 Å². The molecule has 8 nitrogen and oxygen atoms in total. The molecule has 0 radical (unpaired) electrons. The molecule has 1 aliphatic rings. The van der Waals surface area contributed by atoms with Gasteiger partial charge in [-0.15, -0.1) is 0 Å². The minimum absolute atomic E-state index is 0.0797. The van der Waals surface area contributed by atoms with Crippen molar-refractivity contribution in [2.75, 3.05) is 14.2 Å². The van der Waals surface area contributed by atoms with E-state index in [0.717, 1.165) is 20.2 Å². The monoisotopic (exact) mass is 796 g/mol. The zero-order valence-corrected chi connectivity index (χ0v) is 39.2. The molecule has 0 N–H and O–H groups in total. The molecule has 0 aliphatic carbocycles. The average molecular weight is 797 g/mol. The van der Waals surface area contributed by atoms with Gasteiger partial charge in [0.05, 0.1) is 14.2 Å². The van der Waals surface area contributed by atoms with Crippen molar-refractivity contribution in [2.45, 2.75) is 159 Å². The highest BCUT2D eigenvalue weighted by Gasteiger charge is 2.68. The molecule has 0 fully saturated rings. The van der Waals surface area contributed by atoms with Crippen molar-refractivity contribution in [3.8, 4) is 0 Å². The predicted molar refractivity (Wildman–Crippen MR) is 234 cm³/mol. The maximum Gasteiger partial charge on any atom is 0.252 e. The second-order valence-electron chi connectivity index (χ2n) is 16.2. The molecule has 0 atom stereocenters. The Hall–Kier alpha value is -0.740. The molecule has 2 aromatic rings. The summed E-state index contributed by atoms with van der Waals surface area (Å²) in [5.74, 6) is 0. The third-order valence-corrected chi connectivity index (χ3v) is 32.4. The summed E-state index contributed by atoms with van der Waals surface area (Å²) in [7, 11) is -10.7. The van der Waals surface area contributed by atoms with Gasteiger partial charge < -0.3 is 9.05 Å². The molecule has 1 aliphatic heterocycles. The molecule has 1 heterocycles. The van der Waals surface area contributed by atoms with E-state index in [4.69, 9.17) is 9.05 Å². The Morgan fingerprint density at radius 1 is 0.404 bits per heavy atom. The van der Waals surface area contributed by atoms with Crippen molar-refractivity contribution >= 4 is 49.3 Å². The predicted octanol–water partition coefficient (Wildman–Crippen LogP) is 10.8. The maximum absolute atomic E-state index is 17.6. The highest BCUT2D eigenvalue weighted by molar-refractivity contribution is 8.45. The lowest BCUT2D eigenvalue weighted by Crippen LogP contribution is -2.53. The molecule has 0 aromatic heterocycles. The van der Waals surface area contributed by atoms with E-state index in [1.54, 1.807) is 14.2 Å². The molecule has 296 valence electrons. The third-order valence-electron chi connectivity index (χ3n) is 9.92. The molecule has 0 saturated carbocycles. The van der Waals surface area contributed by atoms with E-state index in [9.17, 15) is 0 Å². The number of nitrogens with zero attached hydrogens (tertiary/aromatic N) is 4. The van der Waals surface area contributed by atoms with Gasteiger partial charge >= 0.3 is 0 Å². The first-order chi connectivity index (χ1) is 24.1. The Balaban J connectivity index is 3.05. The van der Waals surface area contributed by atoms with Gasteiger partial charge in [0.15, 0.2) is 0 Å². The normalized spacial score (nSPS) is 20.7. The largest absolute Gasteiger partial charge is 0.354 e. The lowest BCUT2D eigenvalue weighted by atomic mass is 10.3. The first-order valence-corrected chi connectivity index (χ1v) is 25.9. The Morgan fingerprint density at radius 3 is 0.750 bits per heavy atom. The number of benzene rings is 2. The van der Waals surface area contributed by atoms with E-state index >= 15 is 9.13 Å². The topological polar surface area (TPSA) is 65.6 Å². The van der Waals surface area contributed by atoms with Crippen LogP contribution in [0, 0.1) is 0 Å². The van der Waals surface area contributed by atoms with Crippen LogP contribution in [0.4, 0.5) is 0 Å². The fourth-order valence-electron chi connectivity index (χ4n) is 9.08. The molecular formula is C40H72N4O4P4. The van der Waals surface area contributed by atoms with Crippen molar-refractivity contribution in [1.82, 2.24) is 18.7 Å². The Bertz CT molecular complexity index is 1480. The summed E-state index contributed by atoms with van der Waals surface area (Å²) in [6.07, 6.45) is 0. The number of rotatable bonds is 18. The summed E-state index contributed by atoms with van der Waals surface area (Å²) >= 11 is 0. The summed E-state index contributed by atoms with van der Waals surface area (Å²) in [5.41, 5.74) is 0. The van der Waals surface area contributed by atoms with Gasteiger partial charge in [0.2, 0.25) is 0 Å². The van der Waals surface area contributed by atoms with Crippen LogP contribution >= 0.6 is 29.1 Å². The van der Waals surface area contributed by atoms with Gasteiger partial charge in [0, 0.05) is 73.2 Å². The molecule has 0 bridgehead atoms. The minimum atomic E-state index is -3.78. The standard InChI is InChI=1S/C40H72N4O4P4/c1-29(2)41(30(3)4)51(45,42(31(5)6)32(7)8)39-49(47-17,37-25-21-19-22-26-37)40(50(39,48-18)38-27-23-20-24-28-38)52(46,43(33(9)10)34(11)12)44(35(13)14)36(15)16/h19-36H,1-18H3. The smallest absolute Gasteiger partial charge is 0.252 e. The van der Waals surface area contributed by atoms with Crippen molar-refractivity contribution in [1.29, 1.82) is 0 Å². The van der Waals surface area contributed by atoms with E-state index in [1.165, 1.54) is 0 Å². The molecule has 0 saturated heterocycles. The van der Waals surface area contributed by atoms with Crippen molar-refractivity contribution in [3.05, 3.63) is 60.7 Å². The number of hydrogen-bond acceptors (Lipinski definition) is 4. The summed E-state index contributed by atoms with van der Waals surface area (Å²) in [6, 6.07) is 19.9. The van der Waals surface area contributed by atoms with E-state index in [-0.39, 0.29) is 48.3 Å². The first-order valence-electron chi connectivity index (χ1n) is 19.3. The molecule has 52 heavy (non-hydrogen) atoms. The van der Waals surface area contributed by atoms with Crippen molar-refractivity contribution < 1.29 is 18.2 Å². The van der Waals surface area contributed by atoms with Crippen LogP contribution in [0.5, 0.6) is 0 Å². The van der Waals surface area contributed by atoms with E-state index in [0.29, 0.717) is 0 Å². The Kier molecular flexibility index (Phi) is 15.4. The average Bonchev–Trinajstić information content (AvgIpc) is 3.00. The molecule has 0 amide bonds. The van der Waals surface area contributed by atoms with Crippen LogP contribution in [0.2, 0.25) is 0 Å². The summed E-state index contributed by atoms with van der Waals surface area (Å²) in [4.78, 5) is 0. The van der Waals surface area contributed by atoms with Crippen LogP contribution < -0.4 is 10.6 Å². The van der Waals surface area contributed by atoms with Gasteiger partial charge in [-0.1, -0.05) is 60.7 Å². The highest BCUT2D eigenvalue weighted by atomic mass is 31.3. The summed E-state index contributed by atoms with van der Waals surface area (Å²) in [5, 5.41) is 1.85. The molecular weight excluding hydrogens is 724 g/mol. The Labute approximate surface area is 319 Å². The number of hydrogen-bond donors (Lipinski definition) is 0. The molecule has 3 rings (SSSR count). The van der Waals surface area contributed by atoms with Crippen LogP contribution in [0.3, 0.4) is 0 Å². The first kappa shape index (κ1) is 45.6. The zero-order valence-electron chi connectivity index (χ0n) is 35.6.